The van der Waals surface area contributed by atoms with Gasteiger partial charge >= 0.3 is 0 Å². The van der Waals surface area contributed by atoms with E-state index in [0.29, 0.717) is 12.3 Å². The Kier molecular flexibility index (Phi) is 3.12. The van der Waals surface area contributed by atoms with E-state index in [4.69, 9.17) is 10.5 Å². The smallest absolute Gasteiger partial charge is 0.232 e. The summed E-state index contributed by atoms with van der Waals surface area (Å²) in [5.74, 6) is 0.486. The molecule has 2 aliphatic carbocycles. The lowest BCUT2D eigenvalue weighted by molar-refractivity contribution is -0.122. The molecule has 2 N–H and O–H groups in total. The minimum atomic E-state index is -0.745. The van der Waals surface area contributed by atoms with E-state index >= 15 is 0 Å². The number of primary amides is 1. The predicted octanol–water partition coefficient (Wildman–Crippen LogP) is 2.28. The molecule has 0 spiro atoms. The van der Waals surface area contributed by atoms with E-state index in [2.05, 4.69) is 18.0 Å². The highest BCUT2D eigenvalue weighted by Crippen LogP contribution is 2.51. The van der Waals surface area contributed by atoms with Gasteiger partial charge in [0, 0.05) is 24.1 Å². The van der Waals surface area contributed by atoms with Gasteiger partial charge in [-0.2, -0.15) is 0 Å². The third-order valence-corrected chi connectivity index (χ3v) is 4.68. The van der Waals surface area contributed by atoms with Crippen LogP contribution in [0.4, 0.5) is 0 Å². The molecule has 4 nitrogen and oxygen atoms in total. The van der Waals surface area contributed by atoms with Crippen molar-refractivity contribution in [1.29, 1.82) is 0 Å². The molecule has 2 bridgehead atoms. The Labute approximate surface area is 124 Å². The third kappa shape index (κ3) is 1.82. The van der Waals surface area contributed by atoms with E-state index in [0.717, 1.165) is 23.3 Å². The molecule has 1 amide bonds. The highest BCUT2D eigenvalue weighted by atomic mass is 16.5. The summed E-state index contributed by atoms with van der Waals surface area (Å²) in [4.78, 5) is 17.0. The summed E-state index contributed by atoms with van der Waals surface area (Å²) < 4.78 is 5.21. The molecular weight excluding hydrogens is 264 g/mol. The Morgan fingerprint density at radius 3 is 2.90 bits per heavy atom. The van der Waals surface area contributed by atoms with Gasteiger partial charge in [0.05, 0.1) is 7.11 Å². The number of methoxy groups -OCH3 is 1. The molecule has 1 heterocycles. The monoisotopic (exact) mass is 284 g/mol. The number of aromatic nitrogens is 1. The number of hydrogen-bond acceptors (Lipinski definition) is 3. The van der Waals surface area contributed by atoms with Crippen LogP contribution >= 0.6 is 0 Å². The van der Waals surface area contributed by atoms with Gasteiger partial charge in [-0.15, -0.1) is 0 Å². The number of amides is 1. The zero-order chi connectivity index (χ0) is 15.2. The lowest BCUT2D eigenvalue weighted by Crippen LogP contribution is -2.50. The van der Waals surface area contributed by atoms with Crippen LogP contribution in [0.1, 0.15) is 31.5 Å². The van der Waals surface area contributed by atoms with Crippen molar-refractivity contribution < 1.29 is 9.53 Å². The number of carbonyl (C=O) groups excluding carboxylic acids is 1. The fraction of sp³-hybridized carbons (Fsp3) is 0.412. The highest BCUT2D eigenvalue weighted by Gasteiger charge is 2.51. The maximum absolute atomic E-state index is 12.4. The van der Waals surface area contributed by atoms with Gasteiger partial charge in [0.2, 0.25) is 11.8 Å². The van der Waals surface area contributed by atoms with Crippen LogP contribution in [-0.2, 0) is 16.6 Å². The highest BCUT2D eigenvalue weighted by molar-refractivity contribution is 5.92. The minimum Gasteiger partial charge on any atom is -0.481 e. The molecule has 2 aliphatic rings. The second kappa shape index (κ2) is 4.72. The summed E-state index contributed by atoms with van der Waals surface area (Å²) in [6, 6.07) is 3.76. The average Bonchev–Trinajstić information content (AvgIpc) is 2.45. The van der Waals surface area contributed by atoms with Crippen molar-refractivity contribution in [2.24, 2.45) is 11.7 Å². The van der Waals surface area contributed by atoms with Crippen molar-refractivity contribution in [3.63, 3.8) is 0 Å². The normalized spacial score (nSPS) is 28.8. The number of nitrogens with two attached hydrogens (primary N) is 1. The molecule has 0 aliphatic heterocycles. The SMILES string of the molecule is CC=C1[C@@H]2C=C(C)CC1(C(N)=O)c1ccc(OC)nc1C2. The first-order valence-corrected chi connectivity index (χ1v) is 7.21. The molecule has 0 saturated carbocycles. The van der Waals surface area contributed by atoms with Gasteiger partial charge < -0.3 is 10.5 Å². The molecule has 4 heteroatoms. The van der Waals surface area contributed by atoms with Crippen LogP contribution in [0.5, 0.6) is 5.88 Å². The van der Waals surface area contributed by atoms with Crippen molar-refractivity contribution in [3.05, 3.63) is 46.7 Å². The van der Waals surface area contributed by atoms with Crippen LogP contribution in [0.25, 0.3) is 0 Å². The number of nitrogens with zero attached hydrogens (tertiary/aromatic N) is 1. The Balaban J connectivity index is 2.30. The van der Waals surface area contributed by atoms with Crippen molar-refractivity contribution in [1.82, 2.24) is 4.98 Å². The second-order valence-electron chi connectivity index (χ2n) is 5.86. The fourth-order valence-electron chi connectivity index (χ4n) is 3.92. The third-order valence-electron chi connectivity index (χ3n) is 4.68. The largest absolute Gasteiger partial charge is 0.481 e. The molecule has 0 radical (unpaired) electrons. The number of fused-ring (bicyclic) bond motifs is 4. The van der Waals surface area contributed by atoms with Gasteiger partial charge in [-0.1, -0.05) is 23.8 Å². The summed E-state index contributed by atoms with van der Waals surface area (Å²) in [6.45, 7) is 4.05. The van der Waals surface area contributed by atoms with Gasteiger partial charge in [0.1, 0.15) is 5.41 Å². The fourth-order valence-corrected chi connectivity index (χ4v) is 3.92. The maximum atomic E-state index is 12.4. The van der Waals surface area contributed by atoms with Crippen molar-refractivity contribution in [2.45, 2.75) is 32.1 Å². The summed E-state index contributed by atoms with van der Waals surface area (Å²) >= 11 is 0. The molecule has 3 rings (SSSR count). The molecule has 1 aromatic heterocycles. The average molecular weight is 284 g/mol. The van der Waals surface area contributed by atoms with Crippen LogP contribution in [0.3, 0.4) is 0 Å². The van der Waals surface area contributed by atoms with Gasteiger partial charge in [0.15, 0.2) is 0 Å². The lowest BCUT2D eigenvalue weighted by Gasteiger charge is -2.45. The van der Waals surface area contributed by atoms with Crippen LogP contribution < -0.4 is 10.5 Å². The van der Waals surface area contributed by atoms with E-state index in [1.165, 1.54) is 5.57 Å². The first-order chi connectivity index (χ1) is 10.0. The molecule has 0 fully saturated rings. The van der Waals surface area contributed by atoms with E-state index in [1.54, 1.807) is 7.11 Å². The zero-order valence-electron chi connectivity index (χ0n) is 12.6. The molecule has 110 valence electrons. The minimum absolute atomic E-state index is 0.198. The van der Waals surface area contributed by atoms with Crippen molar-refractivity contribution >= 4 is 5.91 Å². The summed E-state index contributed by atoms with van der Waals surface area (Å²) in [5, 5.41) is 0. The van der Waals surface area contributed by atoms with Crippen LogP contribution in [0.15, 0.2) is 35.4 Å². The van der Waals surface area contributed by atoms with E-state index in [-0.39, 0.29) is 11.8 Å². The second-order valence-corrected chi connectivity index (χ2v) is 5.86. The molecule has 0 saturated heterocycles. The van der Waals surface area contributed by atoms with Gasteiger partial charge in [-0.3, -0.25) is 4.79 Å². The predicted molar refractivity (Wildman–Crippen MR) is 81.0 cm³/mol. The summed E-state index contributed by atoms with van der Waals surface area (Å²) in [6.07, 6.45) is 5.71. The number of pyridine rings is 1. The van der Waals surface area contributed by atoms with Gasteiger partial charge in [0.25, 0.3) is 0 Å². The number of allylic oxidation sites excluding steroid dienone is 3. The first kappa shape index (κ1) is 13.9. The molecule has 2 atom stereocenters. The van der Waals surface area contributed by atoms with E-state index < -0.39 is 5.41 Å². The van der Waals surface area contributed by atoms with Crippen molar-refractivity contribution in [3.8, 4) is 5.88 Å². The van der Waals surface area contributed by atoms with Gasteiger partial charge in [-0.25, -0.2) is 4.98 Å². The van der Waals surface area contributed by atoms with Gasteiger partial charge in [-0.05, 0) is 31.4 Å². The molecule has 1 unspecified atom stereocenters. The first-order valence-electron chi connectivity index (χ1n) is 7.21. The quantitative estimate of drug-likeness (QED) is 0.847. The Bertz CT molecular complexity index is 675. The van der Waals surface area contributed by atoms with Crippen LogP contribution in [0.2, 0.25) is 0 Å². The van der Waals surface area contributed by atoms with E-state index in [9.17, 15) is 4.79 Å². The Hall–Kier alpha value is -2.10. The number of carbonyl (C=O) groups is 1. The number of ether oxygens (including phenoxy) is 1. The molecule has 21 heavy (non-hydrogen) atoms. The number of rotatable bonds is 2. The Morgan fingerprint density at radius 1 is 1.52 bits per heavy atom. The Morgan fingerprint density at radius 2 is 2.29 bits per heavy atom. The summed E-state index contributed by atoms with van der Waals surface area (Å²) in [7, 11) is 1.60. The molecule has 0 aromatic carbocycles. The maximum Gasteiger partial charge on any atom is 0.232 e. The van der Waals surface area contributed by atoms with E-state index in [1.807, 2.05) is 25.1 Å². The van der Waals surface area contributed by atoms with Crippen LogP contribution in [0, 0.1) is 5.92 Å². The van der Waals surface area contributed by atoms with Crippen LogP contribution in [-0.4, -0.2) is 18.0 Å². The lowest BCUT2D eigenvalue weighted by atomic mass is 9.57. The molecule has 1 aromatic rings. The van der Waals surface area contributed by atoms with Crippen molar-refractivity contribution in [2.75, 3.05) is 7.11 Å². The standard InChI is InChI=1S/C17H20N2O2/c1-4-12-11-7-10(2)9-17(12,16(18)20)13-5-6-15(21-3)19-14(13)8-11/h4-7,11H,8-9H2,1-3H3,(H2,18,20)/t11-,17?/m1/s1. The topological polar surface area (TPSA) is 65.2 Å². The zero-order valence-corrected chi connectivity index (χ0v) is 12.6. The summed E-state index contributed by atoms with van der Waals surface area (Å²) in [5.41, 5.74) is 9.30. The number of hydrogen-bond donors (Lipinski definition) is 1. The molecular formula is C17H20N2O2.